The fourth-order valence-corrected chi connectivity index (χ4v) is 4.84. The number of halogens is 4. The zero-order valence-corrected chi connectivity index (χ0v) is 18.1. The largest absolute Gasteiger partial charge is 0.311 e. The summed E-state index contributed by atoms with van der Waals surface area (Å²) in [6.45, 7) is 6.92. The Labute approximate surface area is 175 Å². The minimum Gasteiger partial charge on any atom is -0.311 e. The van der Waals surface area contributed by atoms with E-state index < -0.39 is 17.2 Å². The van der Waals surface area contributed by atoms with Crippen LogP contribution in [-0.4, -0.2) is 19.6 Å². The lowest BCUT2D eigenvalue weighted by molar-refractivity contribution is 0.212. The molecule has 0 spiro atoms. The van der Waals surface area contributed by atoms with Gasteiger partial charge in [-0.05, 0) is 42.6 Å². The molecule has 1 aliphatic heterocycles. The lowest BCUT2D eigenvalue weighted by atomic mass is 9.69. The van der Waals surface area contributed by atoms with Gasteiger partial charge >= 0.3 is 0 Å². The van der Waals surface area contributed by atoms with Gasteiger partial charge in [-0.1, -0.05) is 62.2 Å². The second kappa shape index (κ2) is 7.91. The first-order valence-electron chi connectivity index (χ1n) is 9.42. The topological polar surface area (TPSA) is 24.1 Å². The highest BCUT2D eigenvalue weighted by molar-refractivity contribution is 6.31. The van der Waals surface area contributed by atoms with Crippen molar-refractivity contribution in [2.45, 2.75) is 44.7 Å². The lowest BCUT2D eigenvalue weighted by Crippen LogP contribution is -2.54. The summed E-state index contributed by atoms with van der Waals surface area (Å²) in [5, 5.41) is 7.28. The van der Waals surface area contributed by atoms with Gasteiger partial charge in [0.1, 0.15) is 11.6 Å². The Morgan fingerprint density at radius 3 is 2.50 bits per heavy atom. The number of likely N-dealkylation sites (N-methyl/N-ethyl adjacent to an activating group) is 1. The van der Waals surface area contributed by atoms with Crippen LogP contribution in [0.25, 0.3) is 0 Å². The highest BCUT2D eigenvalue weighted by Gasteiger charge is 2.53. The average Bonchev–Trinajstić information content (AvgIpc) is 2.94. The zero-order chi connectivity index (χ0) is 20.7. The van der Waals surface area contributed by atoms with Crippen molar-refractivity contribution in [3.63, 3.8) is 0 Å². The molecule has 0 saturated carbocycles. The summed E-state index contributed by atoms with van der Waals surface area (Å²) in [6, 6.07) is 9.57. The van der Waals surface area contributed by atoms with Gasteiger partial charge in [-0.3, -0.25) is 0 Å². The van der Waals surface area contributed by atoms with Crippen molar-refractivity contribution in [2.75, 3.05) is 13.6 Å². The SMILES string of the molecule is CN[C@]1(c2ccc(Cl)cc2F)[C@H](CC(C)(C)C)NC[C@@H]1c1cccc(Cl)c1F. The predicted octanol–water partition coefficient (Wildman–Crippen LogP) is 5.88. The summed E-state index contributed by atoms with van der Waals surface area (Å²) in [5.41, 5.74) is 0.0842. The van der Waals surface area contributed by atoms with Crippen LogP contribution in [0.3, 0.4) is 0 Å². The molecule has 152 valence electrons. The minimum absolute atomic E-state index is 0.00949. The summed E-state index contributed by atoms with van der Waals surface area (Å²) >= 11 is 12.1. The van der Waals surface area contributed by atoms with Crippen LogP contribution in [-0.2, 0) is 5.54 Å². The Hall–Kier alpha value is -1.20. The van der Waals surface area contributed by atoms with Crippen molar-refractivity contribution in [2.24, 2.45) is 5.41 Å². The van der Waals surface area contributed by atoms with E-state index in [4.69, 9.17) is 23.2 Å². The quantitative estimate of drug-likeness (QED) is 0.637. The average molecular weight is 427 g/mol. The molecule has 28 heavy (non-hydrogen) atoms. The van der Waals surface area contributed by atoms with Crippen molar-refractivity contribution in [1.82, 2.24) is 10.6 Å². The molecule has 2 nitrogen and oxygen atoms in total. The molecule has 0 bridgehead atoms. The first-order chi connectivity index (χ1) is 13.1. The van der Waals surface area contributed by atoms with E-state index in [1.54, 1.807) is 31.3 Å². The molecule has 0 aliphatic carbocycles. The second-order valence-corrected chi connectivity index (χ2v) is 9.51. The molecule has 1 saturated heterocycles. The van der Waals surface area contributed by atoms with E-state index in [1.165, 1.54) is 12.1 Å². The normalized spacial score (nSPS) is 25.3. The highest BCUT2D eigenvalue weighted by atomic mass is 35.5. The Morgan fingerprint density at radius 2 is 1.89 bits per heavy atom. The third-order valence-electron chi connectivity index (χ3n) is 5.63. The van der Waals surface area contributed by atoms with Crippen LogP contribution in [0.1, 0.15) is 44.2 Å². The van der Waals surface area contributed by atoms with Crippen LogP contribution < -0.4 is 10.6 Å². The Balaban J connectivity index is 2.23. The molecule has 2 N–H and O–H groups in total. The number of hydrogen-bond donors (Lipinski definition) is 2. The maximum absolute atomic E-state index is 15.1. The van der Waals surface area contributed by atoms with Gasteiger partial charge in [0.2, 0.25) is 0 Å². The molecule has 3 atom stereocenters. The van der Waals surface area contributed by atoms with Crippen molar-refractivity contribution in [3.05, 3.63) is 69.2 Å². The van der Waals surface area contributed by atoms with Gasteiger partial charge in [-0.25, -0.2) is 8.78 Å². The molecule has 1 fully saturated rings. The van der Waals surface area contributed by atoms with E-state index in [2.05, 4.69) is 31.4 Å². The van der Waals surface area contributed by atoms with Crippen molar-refractivity contribution in [3.8, 4) is 0 Å². The molecule has 6 heteroatoms. The Kier molecular flexibility index (Phi) is 6.07. The Morgan fingerprint density at radius 1 is 1.18 bits per heavy atom. The van der Waals surface area contributed by atoms with Gasteiger partial charge in [-0.15, -0.1) is 0 Å². The smallest absolute Gasteiger partial charge is 0.145 e. The van der Waals surface area contributed by atoms with Gasteiger partial charge in [-0.2, -0.15) is 0 Å². The van der Waals surface area contributed by atoms with E-state index in [-0.39, 0.29) is 22.4 Å². The van der Waals surface area contributed by atoms with E-state index >= 15 is 4.39 Å². The molecular formula is C22H26Cl2F2N2. The molecule has 0 radical (unpaired) electrons. The van der Waals surface area contributed by atoms with Crippen molar-refractivity contribution < 1.29 is 8.78 Å². The first kappa shape index (κ1) is 21.5. The number of hydrogen-bond acceptors (Lipinski definition) is 2. The van der Waals surface area contributed by atoms with E-state index in [9.17, 15) is 4.39 Å². The fraction of sp³-hybridized carbons (Fsp3) is 0.455. The summed E-state index contributed by atoms with van der Waals surface area (Å²) < 4.78 is 30.1. The summed E-state index contributed by atoms with van der Waals surface area (Å²) in [4.78, 5) is 0. The fourth-order valence-electron chi connectivity index (χ4n) is 4.50. The summed E-state index contributed by atoms with van der Waals surface area (Å²) in [5.74, 6) is -1.21. The molecule has 2 aromatic carbocycles. The molecule has 0 amide bonds. The second-order valence-electron chi connectivity index (χ2n) is 8.66. The molecular weight excluding hydrogens is 401 g/mol. The molecule has 2 aromatic rings. The first-order valence-corrected chi connectivity index (χ1v) is 10.2. The molecule has 3 rings (SSSR count). The maximum atomic E-state index is 15.1. The minimum atomic E-state index is -0.854. The lowest BCUT2D eigenvalue weighted by Gasteiger charge is -2.42. The van der Waals surface area contributed by atoms with Crippen LogP contribution in [0.2, 0.25) is 10.0 Å². The van der Waals surface area contributed by atoms with E-state index in [0.717, 1.165) is 6.42 Å². The number of benzene rings is 2. The van der Waals surface area contributed by atoms with Crippen LogP contribution in [0.4, 0.5) is 8.78 Å². The van der Waals surface area contributed by atoms with Gasteiger partial charge in [0, 0.05) is 29.1 Å². The van der Waals surface area contributed by atoms with E-state index in [0.29, 0.717) is 22.7 Å². The van der Waals surface area contributed by atoms with Crippen molar-refractivity contribution in [1.29, 1.82) is 0 Å². The van der Waals surface area contributed by atoms with Crippen LogP contribution in [0, 0.1) is 17.0 Å². The van der Waals surface area contributed by atoms with Crippen LogP contribution >= 0.6 is 23.2 Å². The third-order valence-corrected chi connectivity index (χ3v) is 6.16. The Bertz CT molecular complexity index is 866. The maximum Gasteiger partial charge on any atom is 0.145 e. The molecule has 0 aromatic heterocycles. The van der Waals surface area contributed by atoms with Crippen LogP contribution in [0.15, 0.2) is 36.4 Å². The van der Waals surface area contributed by atoms with Crippen LogP contribution in [0.5, 0.6) is 0 Å². The van der Waals surface area contributed by atoms with Gasteiger partial charge in [0.25, 0.3) is 0 Å². The van der Waals surface area contributed by atoms with Gasteiger partial charge in [0.05, 0.1) is 10.6 Å². The molecule has 1 heterocycles. The zero-order valence-electron chi connectivity index (χ0n) is 16.5. The standard InChI is InChI=1S/C22H26Cl2F2N2/c1-21(2,3)11-19-22(27-4,15-9-8-13(23)10-18(15)25)16(12-28-19)14-6-5-7-17(24)20(14)26/h5-10,16,19,27-28H,11-12H2,1-4H3/t16-,19+,22+/m1/s1. The molecule has 1 aliphatic rings. The third kappa shape index (κ3) is 3.80. The van der Waals surface area contributed by atoms with E-state index in [1.807, 2.05) is 0 Å². The number of rotatable bonds is 4. The van der Waals surface area contributed by atoms with Crippen molar-refractivity contribution >= 4 is 23.2 Å². The summed E-state index contributed by atoms with van der Waals surface area (Å²) in [6.07, 6.45) is 0.772. The van der Waals surface area contributed by atoms with Gasteiger partial charge < -0.3 is 10.6 Å². The monoisotopic (exact) mass is 426 g/mol. The molecule has 0 unspecified atom stereocenters. The predicted molar refractivity (Wildman–Crippen MR) is 112 cm³/mol. The van der Waals surface area contributed by atoms with Gasteiger partial charge in [0.15, 0.2) is 0 Å². The highest BCUT2D eigenvalue weighted by Crippen LogP contribution is 2.48. The summed E-state index contributed by atoms with van der Waals surface area (Å²) in [7, 11) is 1.80. The number of nitrogens with one attached hydrogen (secondary N) is 2.